The molecule has 0 aliphatic rings. The average Bonchev–Trinajstić information content (AvgIpc) is 2.74. The number of guanidine groups is 1. The Morgan fingerprint density at radius 2 is 2.28 bits per heavy atom. The molecule has 0 atom stereocenters. The normalized spacial score (nSPS) is 10.9. The average molecular weight is 367 g/mol. The first-order valence-corrected chi connectivity index (χ1v) is 5.67. The number of nitrogens with zero attached hydrogens (tertiary/aromatic N) is 3. The van der Waals surface area contributed by atoms with Gasteiger partial charge in [-0.15, -0.1) is 24.0 Å². The third-order valence-electron chi connectivity index (χ3n) is 2.26. The van der Waals surface area contributed by atoms with Gasteiger partial charge in [-0.1, -0.05) is 0 Å². The van der Waals surface area contributed by atoms with E-state index < -0.39 is 0 Å². The van der Waals surface area contributed by atoms with Crippen molar-refractivity contribution in [1.82, 2.24) is 20.4 Å². The van der Waals surface area contributed by atoms with Gasteiger partial charge in [0, 0.05) is 52.7 Å². The van der Waals surface area contributed by atoms with E-state index in [9.17, 15) is 0 Å². The first kappa shape index (κ1) is 17.2. The summed E-state index contributed by atoms with van der Waals surface area (Å²) >= 11 is 0. The quantitative estimate of drug-likeness (QED) is 0.337. The van der Waals surface area contributed by atoms with E-state index >= 15 is 0 Å². The lowest BCUT2D eigenvalue weighted by Gasteiger charge is -2.10. The highest BCUT2D eigenvalue weighted by Gasteiger charge is 1.99. The second-order valence-corrected chi connectivity index (χ2v) is 3.72. The van der Waals surface area contributed by atoms with Crippen LogP contribution >= 0.6 is 24.0 Å². The lowest BCUT2D eigenvalue weighted by molar-refractivity contribution is 0.195. The van der Waals surface area contributed by atoms with E-state index in [4.69, 9.17) is 4.74 Å². The molecule has 2 N–H and O–H groups in total. The number of ether oxygens (including phenoxy) is 1. The van der Waals surface area contributed by atoms with Crippen molar-refractivity contribution in [1.29, 1.82) is 0 Å². The summed E-state index contributed by atoms with van der Waals surface area (Å²) in [5, 5.41) is 10.5. The van der Waals surface area contributed by atoms with E-state index in [1.165, 1.54) is 0 Å². The van der Waals surface area contributed by atoms with Crippen LogP contribution in [0.25, 0.3) is 0 Å². The number of hydrogen-bond donors (Lipinski definition) is 2. The molecule has 0 amide bonds. The van der Waals surface area contributed by atoms with Gasteiger partial charge in [-0.25, -0.2) is 0 Å². The van der Waals surface area contributed by atoms with Crippen LogP contribution < -0.4 is 10.6 Å². The van der Waals surface area contributed by atoms with Crippen LogP contribution in [0.2, 0.25) is 0 Å². The predicted molar refractivity (Wildman–Crippen MR) is 83.3 cm³/mol. The van der Waals surface area contributed by atoms with Crippen molar-refractivity contribution in [2.24, 2.45) is 12.0 Å². The fourth-order valence-electron chi connectivity index (χ4n) is 1.39. The van der Waals surface area contributed by atoms with Crippen LogP contribution in [0.1, 0.15) is 12.0 Å². The van der Waals surface area contributed by atoms with Crippen LogP contribution in [-0.2, 0) is 18.3 Å². The number of halogens is 1. The smallest absolute Gasteiger partial charge is 0.191 e. The highest BCUT2D eigenvalue weighted by Crippen LogP contribution is 1.94. The molecule has 0 aliphatic heterocycles. The number of hydrogen-bond acceptors (Lipinski definition) is 3. The summed E-state index contributed by atoms with van der Waals surface area (Å²) in [6, 6.07) is 0. The van der Waals surface area contributed by atoms with Crippen LogP contribution in [-0.4, -0.2) is 43.0 Å². The molecule has 1 aromatic rings. The highest BCUT2D eigenvalue weighted by molar-refractivity contribution is 14.0. The first-order valence-electron chi connectivity index (χ1n) is 5.67. The van der Waals surface area contributed by atoms with Crippen molar-refractivity contribution >= 4 is 29.9 Å². The number of aryl methyl sites for hydroxylation is 1. The summed E-state index contributed by atoms with van der Waals surface area (Å²) in [5.41, 5.74) is 1.13. The zero-order valence-electron chi connectivity index (χ0n) is 11.1. The number of rotatable bonds is 6. The van der Waals surface area contributed by atoms with Crippen molar-refractivity contribution < 1.29 is 4.74 Å². The van der Waals surface area contributed by atoms with Crippen molar-refractivity contribution in [2.45, 2.75) is 13.0 Å². The molecule has 0 fully saturated rings. The number of nitrogens with one attached hydrogen (secondary N) is 2. The summed E-state index contributed by atoms with van der Waals surface area (Å²) in [7, 11) is 5.37. The molecule has 0 spiro atoms. The minimum absolute atomic E-state index is 0. The minimum Gasteiger partial charge on any atom is -0.385 e. The minimum atomic E-state index is 0. The molecule has 0 bridgehead atoms. The highest BCUT2D eigenvalue weighted by atomic mass is 127. The van der Waals surface area contributed by atoms with E-state index in [0.29, 0.717) is 0 Å². The molecule has 0 saturated heterocycles. The van der Waals surface area contributed by atoms with Gasteiger partial charge in [-0.2, -0.15) is 5.10 Å². The molecule has 1 rings (SSSR count). The Morgan fingerprint density at radius 3 is 2.83 bits per heavy atom. The van der Waals surface area contributed by atoms with Crippen LogP contribution in [0.3, 0.4) is 0 Å². The summed E-state index contributed by atoms with van der Waals surface area (Å²) in [6.45, 7) is 2.32. The lowest BCUT2D eigenvalue weighted by Crippen LogP contribution is -2.37. The molecular formula is C11H22IN5O. The molecule has 1 aromatic heterocycles. The number of aromatic nitrogens is 2. The fourth-order valence-corrected chi connectivity index (χ4v) is 1.39. The summed E-state index contributed by atoms with van der Waals surface area (Å²) in [5.74, 6) is 0.796. The Kier molecular flexibility index (Phi) is 9.66. The zero-order chi connectivity index (χ0) is 12.5. The lowest BCUT2D eigenvalue weighted by atomic mass is 10.3. The molecular weight excluding hydrogens is 345 g/mol. The molecule has 6 nitrogen and oxygen atoms in total. The maximum Gasteiger partial charge on any atom is 0.191 e. The fraction of sp³-hybridized carbons (Fsp3) is 0.636. The molecule has 0 saturated carbocycles. The molecule has 7 heteroatoms. The topological polar surface area (TPSA) is 63.5 Å². The molecule has 104 valence electrons. The first-order chi connectivity index (χ1) is 8.26. The monoisotopic (exact) mass is 367 g/mol. The maximum absolute atomic E-state index is 4.98. The van der Waals surface area contributed by atoms with E-state index in [1.807, 2.05) is 19.4 Å². The van der Waals surface area contributed by atoms with Crippen molar-refractivity contribution in [3.63, 3.8) is 0 Å². The van der Waals surface area contributed by atoms with Crippen LogP contribution in [0.15, 0.2) is 17.4 Å². The van der Waals surface area contributed by atoms with E-state index in [-0.39, 0.29) is 24.0 Å². The van der Waals surface area contributed by atoms with Gasteiger partial charge in [0.15, 0.2) is 5.96 Å². The Hall–Kier alpha value is -0.830. The molecule has 18 heavy (non-hydrogen) atoms. The van der Waals surface area contributed by atoms with Gasteiger partial charge in [0.25, 0.3) is 0 Å². The van der Waals surface area contributed by atoms with Crippen LogP contribution in [0.5, 0.6) is 0 Å². The Bertz CT molecular complexity index is 353. The van der Waals surface area contributed by atoms with Crippen molar-refractivity contribution in [3.8, 4) is 0 Å². The van der Waals surface area contributed by atoms with E-state index in [2.05, 4.69) is 20.7 Å². The van der Waals surface area contributed by atoms with Gasteiger partial charge >= 0.3 is 0 Å². The van der Waals surface area contributed by atoms with E-state index in [0.717, 1.165) is 37.6 Å². The third kappa shape index (κ3) is 6.80. The molecule has 0 aromatic carbocycles. The largest absolute Gasteiger partial charge is 0.385 e. The van der Waals surface area contributed by atoms with E-state index in [1.54, 1.807) is 18.8 Å². The molecule has 0 aliphatic carbocycles. The third-order valence-corrected chi connectivity index (χ3v) is 2.26. The zero-order valence-corrected chi connectivity index (χ0v) is 13.5. The predicted octanol–water partition coefficient (Wildman–Crippen LogP) is 0.740. The number of aliphatic imine (C=N–C) groups is 1. The van der Waals surface area contributed by atoms with Crippen LogP contribution in [0.4, 0.5) is 0 Å². The van der Waals surface area contributed by atoms with Crippen molar-refractivity contribution in [2.75, 3.05) is 27.3 Å². The van der Waals surface area contributed by atoms with Crippen molar-refractivity contribution in [3.05, 3.63) is 18.0 Å². The molecule has 0 unspecified atom stereocenters. The van der Waals surface area contributed by atoms with Gasteiger partial charge in [0.1, 0.15) is 0 Å². The Labute approximate surface area is 125 Å². The second-order valence-electron chi connectivity index (χ2n) is 3.72. The molecule has 0 radical (unpaired) electrons. The van der Waals surface area contributed by atoms with Crippen LogP contribution in [0, 0.1) is 0 Å². The second kappa shape index (κ2) is 10.1. The summed E-state index contributed by atoms with van der Waals surface area (Å²) in [6.07, 6.45) is 4.78. The Balaban J connectivity index is 0.00000289. The number of methoxy groups -OCH3 is 1. The standard InChI is InChI=1S/C11H21N5O.HI/c1-12-11(13-5-4-6-17-3)14-7-10-8-15-16(2)9-10;/h8-9H,4-7H2,1-3H3,(H2,12,13,14);1H. The summed E-state index contributed by atoms with van der Waals surface area (Å²) in [4.78, 5) is 4.13. The SMILES string of the molecule is CN=C(NCCCOC)NCc1cnn(C)c1.I. The summed E-state index contributed by atoms with van der Waals surface area (Å²) < 4.78 is 6.76. The maximum atomic E-state index is 4.98. The van der Waals surface area contributed by atoms with Gasteiger partial charge in [0.2, 0.25) is 0 Å². The van der Waals surface area contributed by atoms with Gasteiger partial charge in [0.05, 0.1) is 6.20 Å². The van der Waals surface area contributed by atoms with Gasteiger partial charge in [-0.05, 0) is 6.42 Å². The Morgan fingerprint density at radius 1 is 1.50 bits per heavy atom. The molecule has 1 heterocycles. The van der Waals surface area contributed by atoms with Gasteiger partial charge < -0.3 is 15.4 Å². The van der Waals surface area contributed by atoms with Gasteiger partial charge in [-0.3, -0.25) is 9.67 Å².